The maximum Gasteiger partial charge on any atom is 0.264 e. The number of rotatable bonds is 5. The average molecular weight is 373 g/mol. The predicted octanol–water partition coefficient (Wildman–Crippen LogP) is 4.44. The van der Waals surface area contributed by atoms with Crippen LogP contribution in [-0.4, -0.2) is 13.4 Å². The predicted molar refractivity (Wildman–Crippen MR) is 100 cm³/mol. The third-order valence-electron chi connectivity index (χ3n) is 3.77. The van der Waals surface area contributed by atoms with Crippen molar-refractivity contribution in [2.45, 2.75) is 18.4 Å². The number of halogens is 1. The van der Waals surface area contributed by atoms with Crippen molar-refractivity contribution in [3.05, 3.63) is 89.2 Å². The summed E-state index contributed by atoms with van der Waals surface area (Å²) >= 11 is 5.95. The van der Waals surface area contributed by atoms with Gasteiger partial charge in [0.25, 0.3) is 10.0 Å². The molecule has 1 heterocycles. The highest BCUT2D eigenvalue weighted by Crippen LogP contribution is 2.27. The van der Waals surface area contributed by atoms with Crippen molar-refractivity contribution in [1.82, 2.24) is 4.98 Å². The molecule has 0 fully saturated rings. The summed E-state index contributed by atoms with van der Waals surface area (Å²) in [5, 5.41) is 0.554. The van der Waals surface area contributed by atoms with Gasteiger partial charge >= 0.3 is 0 Å². The molecular weight excluding hydrogens is 356 g/mol. The van der Waals surface area contributed by atoms with E-state index in [2.05, 4.69) is 4.98 Å². The highest BCUT2D eigenvalue weighted by Gasteiger charge is 2.25. The zero-order chi connectivity index (χ0) is 17.9. The van der Waals surface area contributed by atoms with Crippen molar-refractivity contribution >= 4 is 27.3 Å². The second-order valence-corrected chi connectivity index (χ2v) is 7.96. The van der Waals surface area contributed by atoms with Crippen molar-refractivity contribution in [1.29, 1.82) is 0 Å². The normalized spacial score (nSPS) is 11.3. The quantitative estimate of drug-likeness (QED) is 0.665. The van der Waals surface area contributed by atoms with Crippen molar-refractivity contribution < 1.29 is 8.42 Å². The molecule has 0 bridgehead atoms. The van der Waals surface area contributed by atoms with Gasteiger partial charge in [-0.05, 0) is 55.0 Å². The van der Waals surface area contributed by atoms with Crippen LogP contribution in [0.3, 0.4) is 0 Å². The summed E-state index contributed by atoms with van der Waals surface area (Å²) in [6.07, 6.45) is 3.32. The van der Waals surface area contributed by atoms with Crippen LogP contribution in [0.1, 0.15) is 11.1 Å². The van der Waals surface area contributed by atoms with E-state index in [-0.39, 0.29) is 11.4 Å². The van der Waals surface area contributed by atoms with E-state index in [4.69, 9.17) is 11.6 Å². The smallest absolute Gasteiger partial charge is 0.264 e. The number of aromatic nitrogens is 1. The molecule has 0 N–H and O–H groups in total. The molecule has 3 rings (SSSR count). The van der Waals surface area contributed by atoms with Crippen molar-refractivity contribution in [2.75, 3.05) is 4.31 Å². The molecule has 0 amide bonds. The summed E-state index contributed by atoms with van der Waals surface area (Å²) in [7, 11) is -3.72. The second-order valence-electron chi connectivity index (χ2n) is 5.66. The third-order valence-corrected chi connectivity index (χ3v) is 5.81. The molecule has 4 nitrogen and oxygen atoms in total. The maximum atomic E-state index is 13.2. The minimum atomic E-state index is -3.72. The third kappa shape index (κ3) is 4.00. The van der Waals surface area contributed by atoms with E-state index in [1.165, 1.54) is 4.31 Å². The van der Waals surface area contributed by atoms with Gasteiger partial charge in [-0.2, -0.15) is 0 Å². The van der Waals surface area contributed by atoms with Gasteiger partial charge in [0.15, 0.2) is 0 Å². The van der Waals surface area contributed by atoms with Crippen LogP contribution in [0.25, 0.3) is 0 Å². The van der Waals surface area contributed by atoms with Crippen molar-refractivity contribution in [3.8, 4) is 0 Å². The zero-order valence-corrected chi connectivity index (χ0v) is 15.2. The van der Waals surface area contributed by atoms with E-state index in [9.17, 15) is 8.42 Å². The van der Waals surface area contributed by atoms with Crippen LogP contribution in [0.2, 0.25) is 5.02 Å². The fourth-order valence-corrected chi connectivity index (χ4v) is 4.00. The zero-order valence-electron chi connectivity index (χ0n) is 13.6. The Balaban J connectivity index is 2.06. The van der Waals surface area contributed by atoms with E-state index in [0.717, 1.165) is 11.1 Å². The van der Waals surface area contributed by atoms with Crippen molar-refractivity contribution in [3.63, 3.8) is 0 Å². The summed E-state index contributed by atoms with van der Waals surface area (Å²) in [6.45, 7) is 2.11. The van der Waals surface area contributed by atoms with Gasteiger partial charge in [-0.1, -0.05) is 35.4 Å². The molecule has 3 aromatic rings. The highest BCUT2D eigenvalue weighted by atomic mass is 35.5. The van der Waals surface area contributed by atoms with Gasteiger partial charge in [0.1, 0.15) is 0 Å². The van der Waals surface area contributed by atoms with Gasteiger partial charge < -0.3 is 0 Å². The average Bonchev–Trinajstić information content (AvgIpc) is 2.62. The molecule has 6 heteroatoms. The molecule has 0 aliphatic carbocycles. The van der Waals surface area contributed by atoms with Gasteiger partial charge in [-0.3, -0.25) is 9.29 Å². The van der Waals surface area contributed by atoms with Gasteiger partial charge in [-0.25, -0.2) is 8.42 Å². The van der Waals surface area contributed by atoms with E-state index in [0.29, 0.717) is 10.7 Å². The lowest BCUT2D eigenvalue weighted by molar-refractivity contribution is 0.590. The molecule has 25 heavy (non-hydrogen) atoms. The van der Waals surface area contributed by atoms with Crippen LogP contribution in [0, 0.1) is 6.92 Å². The summed E-state index contributed by atoms with van der Waals surface area (Å²) in [5.41, 5.74) is 2.35. The molecule has 0 spiro atoms. The fraction of sp³-hybridized carbons (Fsp3) is 0.105. The molecule has 0 aliphatic rings. The molecule has 0 saturated heterocycles. The van der Waals surface area contributed by atoms with Crippen LogP contribution >= 0.6 is 11.6 Å². The maximum absolute atomic E-state index is 13.2. The number of hydrogen-bond donors (Lipinski definition) is 0. The Morgan fingerprint density at radius 2 is 1.68 bits per heavy atom. The lowest BCUT2D eigenvalue weighted by atomic mass is 10.2. The summed E-state index contributed by atoms with van der Waals surface area (Å²) < 4.78 is 27.8. The molecule has 0 atom stereocenters. The molecular formula is C19H17ClN2O2S. The Hall–Kier alpha value is -2.37. The highest BCUT2D eigenvalue weighted by molar-refractivity contribution is 7.92. The second kappa shape index (κ2) is 7.25. The molecule has 1 aromatic heterocycles. The molecule has 128 valence electrons. The monoisotopic (exact) mass is 372 g/mol. The number of aryl methyl sites for hydroxylation is 1. The van der Waals surface area contributed by atoms with Crippen LogP contribution in [-0.2, 0) is 16.6 Å². The Bertz CT molecular complexity index is 941. The topological polar surface area (TPSA) is 50.3 Å². The first-order chi connectivity index (χ1) is 12.0. The fourth-order valence-electron chi connectivity index (χ4n) is 2.42. The minimum absolute atomic E-state index is 0.186. The first-order valence-corrected chi connectivity index (χ1v) is 9.52. The van der Waals surface area contributed by atoms with Crippen LogP contribution < -0.4 is 4.31 Å². The molecule has 0 saturated carbocycles. The largest absolute Gasteiger partial charge is 0.264 e. The molecule has 2 aromatic carbocycles. The van der Waals surface area contributed by atoms with E-state index in [1.54, 1.807) is 67.0 Å². The number of hydrogen-bond acceptors (Lipinski definition) is 3. The number of nitrogens with zero attached hydrogens (tertiary/aromatic N) is 2. The first kappa shape index (κ1) is 17.5. The summed E-state index contributed by atoms with van der Waals surface area (Å²) in [4.78, 5) is 4.32. The van der Waals surface area contributed by atoms with Crippen LogP contribution in [0.5, 0.6) is 0 Å². The standard InChI is InChI=1S/C19H17ClN2O2S/c1-15-4-10-19(11-5-15)25(23,24)22(14-16-3-2-12-21-13-16)18-8-6-17(20)7-9-18/h2-13H,14H2,1H3. The van der Waals surface area contributed by atoms with Gasteiger partial charge in [0.2, 0.25) is 0 Å². The number of benzene rings is 2. The lowest BCUT2D eigenvalue weighted by Crippen LogP contribution is -2.30. The van der Waals surface area contributed by atoms with Crippen LogP contribution in [0.4, 0.5) is 5.69 Å². The minimum Gasteiger partial charge on any atom is -0.264 e. The summed E-state index contributed by atoms with van der Waals surface area (Å²) in [5.74, 6) is 0. The molecule has 0 unspecified atom stereocenters. The Labute approximate surface area is 152 Å². The van der Waals surface area contributed by atoms with Gasteiger partial charge in [0.05, 0.1) is 17.1 Å². The van der Waals surface area contributed by atoms with E-state index >= 15 is 0 Å². The first-order valence-electron chi connectivity index (χ1n) is 7.71. The van der Waals surface area contributed by atoms with Crippen molar-refractivity contribution in [2.24, 2.45) is 0 Å². The Morgan fingerprint density at radius 1 is 1.00 bits per heavy atom. The van der Waals surface area contributed by atoms with Gasteiger partial charge in [0, 0.05) is 17.4 Å². The van der Waals surface area contributed by atoms with E-state index < -0.39 is 10.0 Å². The number of sulfonamides is 1. The summed E-state index contributed by atoms with van der Waals surface area (Å²) in [6, 6.07) is 17.2. The SMILES string of the molecule is Cc1ccc(S(=O)(=O)N(Cc2cccnc2)c2ccc(Cl)cc2)cc1. The number of pyridine rings is 1. The van der Waals surface area contributed by atoms with Gasteiger partial charge in [-0.15, -0.1) is 0 Å². The Kier molecular flexibility index (Phi) is 5.06. The molecule has 0 radical (unpaired) electrons. The number of anilines is 1. The molecule has 0 aliphatic heterocycles. The lowest BCUT2D eigenvalue weighted by Gasteiger charge is -2.24. The van der Waals surface area contributed by atoms with E-state index in [1.807, 2.05) is 13.0 Å². The Morgan fingerprint density at radius 3 is 2.28 bits per heavy atom. The van der Waals surface area contributed by atoms with Crippen LogP contribution in [0.15, 0.2) is 78.0 Å².